The first-order chi connectivity index (χ1) is 14.4. The molecule has 0 bridgehead atoms. The molecule has 2 amide bonds. The summed E-state index contributed by atoms with van der Waals surface area (Å²) in [5.41, 5.74) is 1.92. The van der Waals surface area contributed by atoms with E-state index in [1.807, 2.05) is 30.3 Å². The molecular formula is C22H17BrCl2N2O3. The van der Waals surface area contributed by atoms with Gasteiger partial charge in [-0.1, -0.05) is 59.6 Å². The fourth-order valence-electron chi connectivity index (χ4n) is 2.62. The second-order valence-corrected chi connectivity index (χ2v) is 7.98. The molecule has 0 heterocycles. The van der Waals surface area contributed by atoms with Gasteiger partial charge in [0.25, 0.3) is 11.8 Å². The summed E-state index contributed by atoms with van der Waals surface area (Å²) in [4.78, 5) is 24.6. The van der Waals surface area contributed by atoms with Crippen LogP contribution in [-0.4, -0.2) is 18.4 Å². The quantitative estimate of drug-likeness (QED) is 0.430. The molecule has 0 aromatic heterocycles. The van der Waals surface area contributed by atoms with Crippen molar-refractivity contribution >= 4 is 56.6 Å². The van der Waals surface area contributed by atoms with Crippen LogP contribution in [-0.2, 0) is 11.3 Å². The van der Waals surface area contributed by atoms with Crippen molar-refractivity contribution < 1.29 is 14.3 Å². The molecule has 2 N–H and O–H groups in total. The van der Waals surface area contributed by atoms with Crippen molar-refractivity contribution in [3.8, 4) is 5.75 Å². The topological polar surface area (TPSA) is 67.4 Å². The number of anilines is 1. The Morgan fingerprint density at radius 3 is 2.47 bits per heavy atom. The van der Waals surface area contributed by atoms with Crippen molar-refractivity contribution in [2.75, 3.05) is 11.9 Å². The summed E-state index contributed by atoms with van der Waals surface area (Å²) < 4.78 is 6.04. The van der Waals surface area contributed by atoms with E-state index in [0.29, 0.717) is 38.1 Å². The maximum absolute atomic E-state index is 12.4. The van der Waals surface area contributed by atoms with Crippen LogP contribution in [0.3, 0.4) is 0 Å². The summed E-state index contributed by atoms with van der Waals surface area (Å²) in [6.45, 7) is 0.158. The Kier molecular flexibility index (Phi) is 7.74. The Labute approximate surface area is 192 Å². The molecule has 0 fully saturated rings. The summed E-state index contributed by atoms with van der Waals surface area (Å²) in [6, 6.07) is 19.4. The lowest BCUT2D eigenvalue weighted by Crippen LogP contribution is -2.23. The first kappa shape index (κ1) is 22.2. The molecule has 30 heavy (non-hydrogen) atoms. The summed E-state index contributed by atoms with van der Waals surface area (Å²) in [6.07, 6.45) is 0. The number of amides is 2. The molecule has 0 saturated heterocycles. The molecule has 0 aliphatic heterocycles. The second-order valence-electron chi connectivity index (χ2n) is 6.28. The third-order valence-corrected chi connectivity index (χ3v) is 5.10. The number of rotatable bonds is 7. The van der Waals surface area contributed by atoms with E-state index in [2.05, 4.69) is 26.6 Å². The zero-order valence-electron chi connectivity index (χ0n) is 15.6. The smallest absolute Gasteiger partial charge is 0.262 e. The molecule has 0 saturated carbocycles. The van der Waals surface area contributed by atoms with E-state index in [-0.39, 0.29) is 12.5 Å². The highest BCUT2D eigenvalue weighted by Crippen LogP contribution is 2.36. The van der Waals surface area contributed by atoms with Gasteiger partial charge in [-0.2, -0.15) is 0 Å². The molecule has 0 atom stereocenters. The van der Waals surface area contributed by atoms with Crippen molar-refractivity contribution in [2.24, 2.45) is 0 Å². The van der Waals surface area contributed by atoms with Gasteiger partial charge in [-0.25, -0.2) is 0 Å². The minimum atomic E-state index is -0.394. The Hall–Kier alpha value is -2.54. The van der Waals surface area contributed by atoms with Crippen molar-refractivity contribution in [2.45, 2.75) is 6.54 Å². The Morgan fingerprint density at radius 2 is 1.73 bits per heavy atom. The van der Waals surface area contributed by atoms with Crippen LogP contribution in [0.2, 0.25) is 10.0 Å². The van der Waals surface area contributed by atoms with Crippen LogP contribution in [0.5, 0.6) is 5.75 Å². The fourth-order valence-corrected chi connectivity index (χ4v) is 3.99. The number of hydrogen-bond acceptors (Lipinski definition) is 3. The van der Waals surface area contributed by atoms with Crippen molar-refractivity contribution in [3.63, 3.8) is 0 Å². The standard InChI is InChI=1S/C22H17BrCl2N2O3/c23-18-10-16(24)11-19(25)21(18)30-13-20(28)27-17-8-4-7-15(9-17)22(29)26-12-14-5-2-1-3-6-14/h1-11H,12-13H2,(H,26,29)(H,27,28). The van der Waals surface area contributed by atoms with Crippen LogP contribution in [0, 0.1) is 0 Å². The monoisotopic (exact) mass is 506 g/mol. The third-order valence-electron chi connectivity index (χ3n) is 4.02. The number of carbonyl (C=O) groups is 2. The predicted molar refractivity (Wildman–Crippen MR) is 122 cm³/mol. The van der Waals surface area contributed by atoms with Gasteiger partial charge >= 0.3 is 0 Å². The molecule has 3 aromatic carbocycles. The van der Waals surface area contributed by atoms with Crippen LogP contribution < -0.4 is 15.4 Å². The molecule has 0 radical (unpaired) electrons. The Morgan fingerprint density at radius 1 is 0.967 bits per heavy atom. The Balaban J connectivity index is 1.57. The van der Waals surface area contributed by atoms with E-state index < -0.39 is 5.91 Å². The van der Waals surface area contributed by atoms with Gasteiger partial charge in [0.1, 0.15) is 0 Å². The molecular weight excluding hydrogens is 491 g/mol. The first-order valence-electron chi connectivity index (χ1n) is 8.92. The van der Waals surface area contributed by atoms with Crippen molar-refractivity contribution in [3.05, 3.63) is 92.4 Å². The average molecular weight is 508 g/mol. The van der Waals surface area contributed by atoms with E-state index in [1.165, 1.54) is 6.07 Å². The Bertz CT molecular complexity index is 1040. The first-order valence-corrected chi connectivity index (χ1v) is 10.5. The van der Waals surface area contributed by atoms with Gasteiger partial charge in [-0.15, -0.1) is 0 Å². The van der Waals surface area contributed by atoms with Gasteiger partial charge < -0.3 is 15.4 Å². The normalized spacial score (nSPS) is 10.4. The van der Waals surface area contributed by atoms with Gasteiger partial charge in [0.2, 0.25) is 0 Å². The lowest BCUT2D eigenvalue weighted by Gasteiger charge is -2.11. The van der Waals surface area contributed by atoms with Gasteiger partial charge in [-0.05, 0) is 51.8 Å². The van der Waals surface area contributed by atoms with Gasteiger partial charge in [0, 0.05) is 22.8 Å². The van der Waals surface area contributed by atoms with Gasteiger partial charge in [0.15, 0.2) is 12.4 Å². The summed E-state index contributed by atoms with van der Waals surface area (Å²) in [5, 5.41) is 6.30. The molecule has 5 nitrogen and oxygen atoms in total. The summed E-state index contributed by atoms with van der Waals surface area (Å²) in [7, 11) is 0. The minimum Gasteiger partial charge on any atom is -0.481 e. The molecule has 0 unspecified atom stereocenters. The molecule has 8 heteroatoms. The SMILES string of the molecule is O=C(COc1c(Cl)cc(Cl)cc1Br)Nc1cccc(C(=O)NCc2ccccc2)c1. The number of nitrogens with one attached hydrogen (secondary N) is 2. The highest BCUT2D eigenvalue weighted by molar-refractivity contribution is 9.10. The van der Waals surface area contributed by atoms with Crippen molar-refractivity contribution in [1.29, 1.82) is 0 Å². The van der Waals surface area contributed by atoms with Gasteiger partial charge in [-0.3, -0.25) is 9.59 Å². The highest BCUT2D eigenvalue weighted by atomic mass is 79.9. The van der Waals surface area contributed by atoms with Crippen LogP contribution in [0.4, 0.5) is 5.69 Å². The van der Waals surface area contributed by atoms with Gasteiger partial charge in [0.05, 0.1) is 9.50 Å². The number of carbonyl (C=O) groups excluding carboxylic acids is 2. The lowest BCUT2D eigenvalue weighted by molar-refractivity contribution is -0.118. The van der Waals surface area contributed by atoms with Crippen molar-refractivity contribution in [1.82, 2.24) is 5.32 Å². The molecule has 0 aliphatic rings. The predicted octanol–water partition coefficient (Wildman–Crippen LogP) is 5.70. The maximum atomic E-state index is 12.4. The van der Waals surface area contributed by atoms with Crippen LogP contribution >= 0.6 is 39.1 Å². The maximum Gasteiger partial charge on any atom is 0.262 e. The number of ether oxygens (including phenoxy) is 1. The third kappa shape index (κ3) is 6.23. The van der Waals surface area contributed by atoms with E-state index in [0.717, 1.165) is 5.56 Å². The minimum absolute atomic E-state index is 0.233. The van der Waals surface area contributed by atoms with Crippen LogP contribution in [0.1, 0.15) is 15.9 Å². The molecule has 3 rings (SSSR count). The molecule has 3 aromatic rings. The van der Waals surface area contributed by atoms with E-state index in [9.17, 15) is 9.59 Å². The molecule has 0 aliphatic carbocycles. The lowest BCUT2D eigenvalue weighted by atomic mass is 10.1. The zero-order valence-corrected chi connectivity index (χ0v) is 18.7. The van der Waals surface area contributed by atoms with E-state index in [1.54, 1.807) is 30.3 Å². The largest absolute Gasteiger partial charge is 0.481 e. The molecule has 154 valence electrons. The summed E-state index contributed by atoms with van der Waals surface area (Å²) >= 11 is 15.3. The van der Waals surface area contributed by atoms with Crippen LogP contribution in [0.25, 0.3) is 0 Å². The van der Waals surface area contributed by atoms with E-state index in [4.69, 9.17) is 27.9 Å². The number of halogens is 3. The summed E-state index contributed by atoms with van der Waals surface area (Å²) in [5.74, 6) is -0.303. The van der Waals surface area contributed by atoms with Crippen LogP contribution in [0.15, 0.2) is 71.2 Å². The number of benzene rings is 3. The number of hydrogen-bond donors (Lipinski definition) is 2. The zero-order chi connectivity index (χ0) is 21.5. The highest BCUT2D eigenvalue weighted by Gasteiger charge is 2.12. The second kappa shape index (κ2) is 10.5. The van der Waals surface area contributed by atoms with E-state index >= 15 is 0 Å². The molecule has 0 spiro atoms. The average Bonchev–Trinajstić information content (AvgIpc) is 2.72. The fraction of sp³-hybridized carbons (Fsp3) is 0.0909.